The fraction of sp³-hybridized carbons (Fsp3) is 0.357. The first-order valence-corrected chi connectivity index (χ1v) is 6.57. The Kier molecular flexibility index (Phi) is 3.48. The second-order valence-corrected chi connectivity index (χ2v) is 5.03. The summed E-state index contributed by atoms with van der Waals surface area (Å²) in [6.45, 7) is 0.971. The topological polar surface area (TPSA) is 45.1 Å². The second kappa shape index (κ2) is 5.31. The number of fused-ring (bicyclic) bond motifs is 1. The maximum Gasteiger partial charge on any atom is 0.194 e. The standard InChI is InChI=1S/C14H13F3N2O2/c15-10-4-8(5-11(16)14(10)17)12-7-19-3-1-2-9(20)6-13(19)18-21-12/h4-6,12,20H,1-3,7H2. The van der Waals surface area contributed by atoms with E-state index in [0.29, 0.717) is 25.3 Å². The van der Waals surface area contributed by atoms with Gasteiger partial charge in [-0.25, -0.2) is 13.2 Å². The molecule has 3 rings (SSSR count). The molecular formula is C14H13F3N2O2. The molecule has 1 N–H and O–H groups in total. The molecule has 7 heteroatoms. The van der Waals surface area contributed by atoms with Gasteiger partial charge in [0.25, 0.3) is 0 Å². The zero-order valence-corrected chi connectivity index (χ0v) is 11.0. The monoisotopic (exact) mass is 298 g/mol. The third kappa shape index (κ3) is 2.68. The van der Waals surface area contributed by atoms with Crippen molar-refractivity contribution < 1.29 is 23.1 Å². The molecule has 0 spiro atoms. The molecular weight excluding hydrogens is 285 g/mol. The van der Waals surface area contributed by atoms with Gasteiger partial charge < -0.3 is 14.8 Å². The molecule has 0 aromatic heterocycles. The van der Waals surface area contributed by atoms with Crippen LogP contribution < -0.4 is 0 Å². The van der Waals surface area contributed by atoms with Gasteiger partial charge in [0.1, 0.15) is 0 Å². The number of aliphatic hydroxyl groups is 1. The van der Waals surface area contributed by atoms with E-state index in [0.717, 1.165) is 18.6 Å². The maximum absolute atomic E-state index is 13.3. The fourth-order valence-corrected chi connectivity index (χ4v) is 2.43. The van der Waals surface area contributed by atoms with E-state index >= 15 is 0 Å². The molecule has 1 aromatic rings. The average Bonchev–Trinajstić information content (AvgIpc) is 2.64. The lowest BCUT2D eigenvalue weighted by Gasteiger charge is -2.31. The van der Waals surface area contributed by atoms with E-state index in [9.17, 15) is 18.3 Å². The summed E-state index contributed by atoms with van der Waals surface area (Å²) >= 11 is 0. The molecule has 0 aliphatic carbocycles. The number of aliphatic hydroxyl groups excluding tert-OH is 1. The summed E-state index contributed by atoms with van der Waals surface area (Å²) in [5, 5.41) is 13.4. The lowest BCUT2D eigenvalue weighted by molar-refractivity contribution is 0.0205. The first-order chi connectivity index (χ1) is 10.0. The molecule has 0 saturated carbocycles. The zero-order valence-electron chi connectivity index (χ0n) is 11.0. The highest BCUT2D eigenvalue weighted by molar-refractivity contribution is 5.93. The van der Waals surface area contributed by atoms with Gasteiger partial charge in [-0.1, -0.05) is 5.16 Å². The van der Waals surface area contributed by atoms with Gasteiger partial charge >= 0.3 is 0 Å². The average molecular weight is 298 g/mol. The number of hydrogen-bond donors (Lipinski definition) is 1. The summed E-state index contributed by atoms with van der Waals surface area (Å²) in [5.74, 6) is -3.31. The van der Waals surface area contributed by atoms with E-state index in [1.54, 1.807) is 0 Å². The zero-order chi connectivity index (χ0) is 15.0. The van der Waals surface area contributed by atoms with Gasteiger partial charge in [-0.15, -0.1) is 0 Å². The molecule has 0 radical (unpaired) electrons. The van der Waals surface area contributed by atoms with Crippen LogP contribution in [0.15, 0.2) is 29.1 Å². The molecule has 21 heavy (non-hydrogen) atoms. The van der Waals surface area contributed by atoms with Crippen molar-refractivity contribution in [2.24, 2.45) is 5.16 Å². The summed E-state index contributed by atoms with van der Waals surface area (Å²) in [6.07, 6.45) is 2.10. The minimum atomic E-state index is -1.50. The first-order valence-electron chi connectivity index (χ1n) is 6.57. The lowest BCUT2D eigenvalue weighted by Crippen LogP contribution is -2.38. The highest BCUT2D eigenvalue weighted by Gasteiger charge is 2.28. The summed E-state index contributed by atoms with van der Waals surface area (Å²) in [7, 11) is 0. The van der Waals surface area contributed by atoms with E-state index in [4.69, 9.17) is 4.84 Å². The highest BCUT2D eigenvalue weighted by Crippen LogP contribution is 2.27. The molecule has 0 fully saturated rings. The normalized spacial score (nSPS) is 21.9. The summed E-state index contributed by atoms with van der Waals surface area (Å²) in [6, 6.07) is 1.82. The summed E-state index contributed by atoms with van der Waals surface area (Å²) < 4.78 is 39.5. The van der Waals surface area contributed by atoms with Gasteiger partial charge in [0.05, 0.1) is 12.3 Å². The minimum Gasteiger partial charge on any atom is -0.512 e. The van der Waals surface area contributed by atoms with Crippen LogP contribution in [0.25, 0.3) is 0 Å². The Bertz CT molecular complexity index is 608. The van der Waals surface area contributed by atoms with Crippen LogP contribution in [0.2, 0.25) is 0 Å². The van der Waals surface area contributed by atoms with Gasteiger partial charge in [0, 0.05) is 24.6 Å². The van der Waals surface area contributed by atoms with Gasteiger partial charge in [0.15, 0.2) is 29.4 Å². The van der Waals surface area contributed by atoms with E-state index in [1.165, 1.54) is 6.08 Å². The van der Waals surface area contributed by atoms with Crippen LogP contribution in [0.3, 0.4) is 0 Å². The van der Waals surface area contributed by atoms with Crippen molar-refractivity contribution in [1.82, 2.24) is 4.90 Å². The van der Waals surface area contributed by atoms with E-state index in [1.807, 2.05) is 4.90 Å². The Morgan fingerprint density at radius 1 is 1.24 bits per heavy atom. The number of allylic oxidation sites excluding steroid dienone is 1. The first kappa shape index (κ1) is 13.8. The molecule has 112 valence electrons. The molecule has 2 heterocycles. The minimum absolute atomic E-state index is 0.187. The Morgan fingerprint density at radius 3 is 2.67 bits per heavy atom. The highest BCUT2D eigenvalue weighted by atomic mass is 19.2. The predicted octanol–water partition coefficient (Wildman–Crippen LogP) is 3.03. The van der Waals surface area contributed by atoms with Crippen LogP contribution in [-0.2, 0) is 4.84 Å². The second-order valence-electron chi connectivity index (χ2n) is 5.03. The molecule has 0 amide bonds. The van der Waals surface area contributed by atoms with Crippen LogP contribution in [0, 0.1) is 17.5 Å². The summed E-state index contributed by atoms with van der Waals surface area (Å²) in [4.78, 5) is 7.08. The van der Waals surface area contributed by atoms with Gasteiger partial charge in [-0.05, 0) is 18.6 Å². The van der Waals surface area contributed by atoms with Crippen LogP contribution >= 0.6 is 0 Å². The SMILES string of the molecule is OC1=CC2=NOC(c3cc(F)c(F)c(F)c3)CN2CCC1. The fourth-order valence-electron chi connectivity index (χ4n) is 2.43. The Hall–Kier alpha value is -2.18. The van der Waals surface area contributed by atoms with Crippen molar-refractivity contribution in [3.05, 3.63) is 47.0 Å². The Balaban J connectivity index is 1.87. The van der Waals surface area contributed by atoms with Gasteiger partial charge in [-0.3, -0.25) is 0 Å². The number of halogens is 3. The number of hydrogen-bond acceptors (Lipinski definition) is 4. The largest absolute Gasteiger partial charge is 0.512 e. The van der Waals surface area contributed by atoms with Crippen molar-refractivity contribution in [3.63, 3.8) is 0 Å². The third-order valence-electron chi connectivity index (χ3n) is 3.52. The molecule has 2 aliphatic heterocycles. The summed E-state index contributed by atoms with van der Waals surface area (Å²) in [5.41, 5.74) is 0.187. The molecule has 1 aromatic carbocycles. The third-order valence-corrected chi connectivity index (χ3v) is 3.52. The van der Waals surface area contributed by atoms with Crippen LogP contribution in [0.5, 0.6) is 0 Å². The van der Waals surface area contributed by atoms with E-state index in [2.05, 4.69) is 5.16 Å². The van der Waals surface area contributed by atoms with Crippen molar-refractivity contribution in [2.45, 2.75) is 18.9 Å². The Morgan fingerprint density at radius 2 is 1.95 bits per heavy atom. The van der Waals surface area contributed by atoms with E-state index in [-0.39, 0.29) is 11.3 Å². The lowest BCUT2D eigenvalue weighted by atomic mass is 10.1. The number of benzene rings is 1. The molecule has 0 saturated heterocycles. The van der Waals surface area contributed by atoms with Crippen molar-refractivity contribution >= 4 is 5.84 Å². The number of nitrogens with zero attached hydrogens (tertiary/aromatic N) is 2. The molecule has 1 unspecified atom stereocenters. The van der Waals surface area contributed by atoms with E-state index < -0.39 is 23.6 Å². The molecule has 4 nitrogen and oxygen atoms in total. The van der Waals surface area contributed by atoms with Gasteiger partial charge in [-0.2, -0.15) is 0 Å². The van der Waals surface area contributed by atoms with Crippen LogP contribution in [0.1, 0.15) is 24.5 Å². The van der Waals surface area contributed by atoms with Crippen LogP contribution in [0.4, 0.5) is 13.2 Å². The van der Waals surface area contributed by atoms with Crippen molar-refractivity contribution in [3.8, 4) is 0 Å². The number of rotatable bonds is 1. The smallest absolute Gasteiger partial charge is 0.194 e. The quantitative estimate of drug-likeness (QED) is 0.811. The number of amidine groups is 1. The molecule has 1 atom stereocenters. The molecule has 2 aliphatic rings. The van der Waals surface area contributed by atoms with Crippen LogP contribution in [-0.4, -0.2) is 28.9 Å². The maximum atomic E-state index is 13.3. The Labute approximate surface area is 119 Å². The van der Waals surface area contributed by atoms with Gasteiger partial charge in [0.2, 0.25) is 0 Å². The van der Waals surface area contributed by atoms with Crippen molar-refractivity contribution in [2.75, 3.05) is 13.1 Å². The predicted molar refractivity (Wildman–Crippen MR) is 69.1 cm³/mol. The van der Waals surface area contributed by atoms with Crippen molar-refractivity contribution in [1.29, 1.82) is 0 Å². The number of oxime groups is 1. The molecule has 0 bridgehead atoms.